The molecule has 7 heteroatoms. The molecule has 5 nitrogen and oxygen atoms in total. The van der Waals surface area contributed by atoms with E-state index in [0.717, 1.165) is 17.0 Å². The zero-order valence-corrected chi connectivity index (χ0v) is 14.4. The van der Waals surface area contributed by atoms with Crippen LogP contribution in [0.5, 0.6) is 5.75 Å². The Morgan fingerprint density at radius 1 is 1.29 bits per heavy atom. The number of para-hydroxylation sites is 1. The minimum absolute atomic E-state index is 0.0508. The minimum Gasteiger partial charge on any atom is -0.433 e. The molecule has 0 aliphatic rings. The van der Waals surface area contributed by atoms with Crippen molar-refractivity contribution < 1.29 is 18.3 Å². The predicted molar refractivity (Wildman–Crippen MR) is 87.5 cm³/mol. The van der Waals surface area contributed by atoms with Gasteiger partial charge in [-0.25, -0.2) is 0 Å². The lowest BCUT2D eigenvalue weighted by atomic mass is 9.98. The van der Waals surface area contributed by atoms with Crippen LogP contribution in [0.3, 0.4) is 0 Å². The second-order valence-corrected chi connectivity index (χ2v) is 5.75. The third-order valence-electron chi connectivity index (χ3n) is 4.09. The number of alkyl halides is 2. The number of hydrogen-bond acceptors (Lipinski definition) is 3. The third kappa shape index (κ3) is 3.55. The van der Waals surface area contributed by atoms with E-state index in [1.807, 2.05) is 20.9 Å². The fourth-order valence-corrected chi connectivity index (χ4v) is 2.77. The van der Waals surface area contributed by atoms with Crippen molar-refractivity contribution in [3.05, 3.63) is 40.7 Å². The van der Waals surface area contributed by atoms with Gasteiger partial charge in [-0.2, -0.15) is 13.9 Å². The van der Waals surface area contributed by atoms with Crippen LogP contribution in [0.4, 0.5) is 14.5 Å². The van der Waals surface area contributed by atoms with Crippen molar-refractivity contribution >= 4 is 11.6 Å². The molecule has 0 saturated carbocycles. The number of amides is 1. The first-order chi connectivity index (χ1) is 11.2. The van der Waals surface area contributed by atoms with Gasteiger partial charge in [0.05, 0.1) is 17.3 Å². The molecule has 2 rings (SSSR count). The molecule has 0 aliphatic heterocycles. The second-order valence-electron chi connectivity index (χ2n) is 5.75. The highest BCUT2D eigenvalue weighted by molar-refractivity contribution is 5.97. The molecule has 24 heavy (non-hydrogen) atoms. The Morgan fingerprint density at radius 3 is 2.50 bits per heavy atom. The monoisotopic (exact) mass is 337 g/mol. The lowest BCUT2D eigenvalue weighted by molar-refractivity contribution is -0.117. The Labute approximate surface area is 139 Å². The van der Waals surface area contributed by atoms with Crippen molar-refractivity contribution in [3.8, 4) is 5.75 Å². The maximum absolute atomic E-state index is 12.6. The van der Waals surface area contributed by atoms with E-state index in [2.05, 4.69) is 15.2 Å². The molecule has 1 atom stereocenters. The molecule has 1 N–H and O–H groups in total. The number of hydrogen-bond donors (Lipinski definition) is 1. The van der Waals surface area contributed by atoms with E-state index in [-0.39, 0.29) is 17.3 Å². The van der Waals surface area contributed by atoms with Crippen LogP contribution in [-0.2, 0) is 11.8 Å². The minimum atomic E-state index is -2.96. The molecule has 130 valence electrons. The Hall–Kier alpha value is -2.44. The van der Waals surface area contributed by atoms with Crippen LogP contribution in [0.1, 0.15) is 35.4 Å². The van der Waals surface area contributed by atoms with Gasteiger partial charge < -0.3 is 10.1 Å². The van der Waals surface area contributed by atoms with Crippen LogP contribution in [0.2, 0.25) is 0 Å². The average Bonchev–Trinajstić information content (AvgIpc) is 2.74. The first-order valence-corrected chi connectivity index (χ1v) is 7.57. The molecule has 0 fully saturated rings. The maximum atomic E-state index is 12.6. The zero-order valence-electron chi connectivity index (χ0n) is 14.4. The van der Waals surface area contributed by atoms with Crippen LogP contribution in [0, 0.1) is 20.8 Å². The number of carbonyl (C=O) groups is 1. The van der Waals surface area contributed by atoms with E-state index in [1.54, 1.807) is 30.7 Å². The lowest BCUT2D eigenvalue weighted by Crippen LogP contribution is -2.21. The van der Waals surface area contributed by atoms with Crippen LogP contribution in [0.15, 0.2) is 18.2 Å². The molecule has 0 saturated heterocycles. The van der Waals surface area contributed by atoms with Gasteiger partial charge in [0.1, 0.15) is 5.75 Å². The summed E-state index contributed by atoms with van der Waals surface area (Å²) in [6.45, 7) is 4.25. The van der Waals surface area contributed by atoms with Crippen molar-refractivity contribution in [3.63, 3.8) is 0 Å². The molecule has 0 bridgehead atoms. The summed E-state index contributed by atoms with van der Waals surface area (Å²) in [4.78, 5) is 12.6. The van der Waals surface area contributed by atoms with E-state index in [0.29, 0.717) is 5.56 Å². The van der Waals surface area contributed by atoms with Gasteiger partial charge in [0.2, 0.25) is 5.91 Å². The highest BCUT2D eigenvalue weighted by atomic mass is 19.3. The Balaban J connectivity index is 2.29. The van der Waals surface area contributed by atoms with Gasteiger partial charge in [0.15, 0.2) is 0 Å². The number of rotatable bonds is 5. The normalized spacial score (nSPS) is 12.3. The SMILES string of the molecule is Cc1cccc(OC(F)F)c1NC(=O)[C@H](C)c1c(C)nn(C)c1C. The molecule has 1 aromatic heterocycles. The van der Waals surface area contributed by atoms with Gasteiger partial charge >= 0.3 is 6.61 Å². The average molecular weight is 337 g/mol. The topological polar surface area (TPSA) is 56.1 Å². The number of aromatic nitrogens is 2. The number of ether oxygens (including phenoxy) is 1. The van der Waals surface area contributed by atoms with Crippen LogP contribution in [0.25, 0.3) is 0 Å². The number of nitrogens with zero attached hydrogens (tertiary/aromatic N) is 2. The molecular formula is C17H21F2N3O2. The summed E-state index contributed by atoms with van der Waals surface area (Å²) in [7, 11) is 1.81. The van der Waals surface area contributed by atoms with E-state index in [9.17, 15) is 13.6 Å². The first kappa shape index (κ1) is 17.9. The van der Waals surface area contributed by atoms with Crippen LogP contribution < -0.4 is 10.1 Å². The van der Waals surface area contributed by atoms with Crippen molar-refractivity contribution in [2.45, 2.75) is 40.2 Å². The number of halogens is 2. The summed E-state index contributed by atoms with van der Waals surface area (Å²) in [6, 6.07) is 4.72. The summed E-state index contributed by atoms with van der Waals surface area (Å²) in [5.74, 6) is -0.828. The lowest BCUT2D eigenvalue weighted by Gasteiger charge is -2.17. The Morgan fingerprint density at radius 2 is 1.96 bits per heavy atom. The van der Waals surface area contributed by atoms with Gasteiger partial charge in [-0.3, -0.25) is 9.48 Å². The highest BCUT2D eigenvalue weighted by Gasteiger charge is 2.24. The van der Waals surface area contributed by atoms with E-state index in [4.69, 9.17) is 0 Å². The number of aryl methyl sites for hydroxylation is 3. The van der Waals surface area contributed by atoms with Gasteiger partial charge in [0.25, 0.3) is 0 Å². The molecule has 1 amide bonds. The zero-order chi connectivity index (χ0) is 18.0. The summed E-state index contributed by atoms with van der Waals surface area (Å²) in [5.41, 5.74) is 3.40. The quantitative estimate of drug-likeness (QED) is 0.905. The molecule has 1 heterocycles. The molecule has 0 spiro atoms. The molecule has 0 unspecified atom stereocenters. The van der Waals surface area contributed by atoms with E-state index >= 15 is 0 Å². The van der Waals surface area contributed by atoms with Gasteiger partial charge in [-0.15, -0.1) is 0 Å². The predicted octanol–water partition coefficient (Wildman–Crippen LogP) is 3.69. The third-order valence-corrected chi connectivity index (χ3v) is 4.09. The van der Waals surface area contributed by atoms with Crippen molar-refractivity contribution in [1.82, 2.24) is 9.78 Å². The van der Waals surface area contributed by atoms with Gasteiger partial charge in [-0.05, 0) is 39.3 Å². The smallest absolute Gasteiger partial charge is 0.387 e. The highest BCUT2D eigenvalue weighted by Crippen LogP contribution is 2.31. The van der Waals surface area contributed by atoms with Gasteiger partial charge in [0, 0.05) is 18.3 Å². The summed E-state index contributed by atoms with van der Waals surface area (Å²) in [6.07, 6.45) is 0. The van der Waals surface area contributed by atoms with Crippen molar-refractivity contribution in [1.29, 1.82) is 0 Å². The molecule has 0 radical (unpaired) electrons. The largest absolute Gasteiger partial charge is 0.433 e. The summed E-state index contributed by atoms with van der Waals surface area (Å²) >= 11 is 0. The van der Waals surface area contributed by atoms with Crippen LogP contribution in [-0.4, -0.2) is 22.3 Å². The van der Waals surface area contributed by atoms with Gasteiger partial charge in [-0.1, -0.05) is 12.1 Å². The maximum Gasteiger partial charge on any atom is 0.387 e. The Kier molecular flexibility index (Phi) is 5.21. The van der Waals surface area contributed by atoms with E-state index < -0.39 is 12.5 Å². The van der Waals surface area contributed by atoms with Crippen molar-refractivity contribution in [2.24, 2.45) is 7.05 Å². The Bertz CT molecular complexity index is 757. The first-order valence-electron chi connectivity index (χ1n) is 7.57. The molecular weight excluding hydrogens is 316 g/mol. The van der Waals surface area contributed by atoms with Crippen molar-refractivity contribution in [2.75, 3.05) is 5.32 Å². The van der Waals surface area contributed by atoms with E-state index in [1.165, 1.54) is 6.07 Å². The second kappa shape index (κ2) is 6.98. The number of anilines is 1. The number of nitrogens with one attached hydrogen (secondary N) is 1. The standard InChI is InChI=1S/C17H21F2N3O2/c1-9-7-6-8-13(24-17(18)19)15(9)20-16(23)10(2)14-11(3)21-22(5)12(14)4/h6-8,10,17H,1-5H3,(H,20,23)/t10-/m1/s1. The number of carbonyl (C=O) groups excluding carboxylic acids is 1. The number of benzene rings is 1. The van der Waals surface area contributed by atoms with Crippen LogP contribution >= 0.6 is 0 Å². The summed E-state index contributed by atoms with van der Waals surface area (Å²) < 4.78 is 31.3. The molecule has 1 aromatic carbocycles. The fourth-order valence-electron chi connectivity index (χ4n) is 2.77. The summed E-state index contributed by atoms with van der Waals surface area (Å²) in [5, 5.41) is 7.02. The molecule has 0 aliphatic carbocycles. The molecule has 2 aromatic rings. The fraction of sp³-hybridized carbons (Fsp3) is 0.412.